The molecule has 0 aliphatic carbocycles. The molecule has 0 radical (unpaired) electrons. The van der Waals surface area contributed by atoms with Crippen LogP contribution in [0, 0.1) is 0 Å². The van der Waals surface area contributed by atoms with Crippen molar-refractivity contribution in [1.29, 1.82) is 0 Å². The molecule has 1 aromatic heterocycles. The Kier molecular flexibility index (Phi) is 3.76. The van der Waals surface area contributed by atoms with Crippen molar-refractivity contribution >= 4 is 27.7 Å². The van der Waals surface area contributed by atoms with E-state index in [1.807, 2.05) is 26.0 Å². The summed E-state index contributed by atoms with van der Waals surface area (Å²) in [6, 6.07) is 3.88. The van der Waals surface area contributed by atoms with Crippen LogP contribution in [0.1, 0.15) is 13.8 Å². The fourth-order valence-corrected chi connectivity index (χ4v) is 1.84. The van der Waals surface area contributed by atoms with Gasteiger partial charge in [0, 0.05) is 15.4 Å². The second-order valence-corrected chi connectivity index (χ2v) is 5.98. The molecule has 0 aromatic carbocycles. The second-order valence-electron chi connectivity index (χ2n) is 3.33. The van der Waals surface area contributed by atoms with Gasteiger partial charge in [0.1, 0.15) is 0 Å². The van der Waals surface area contributed by atoms with Gasteiger partial charge in [-0.15, -0.1) is 0 Å². The maximum Gasteiger partial charge on any atom is 0.0966 e. The molecular weight excluding hydrogens is 250 g/mol. The summed E-state index contributed by atoms with van der Waals surface area (Å²) in [6.07, 6.45) is 1.76. The molecule has 1 N–H and O–H groups in total. The Morgan fingerprint density at radius 2 is 2.23 bits per heavy atom. The highest BCUT2D eigenvalue weighted by Crippen LogP contribution is 2.30. The minimum Gasteiger partial charge on any atom is -0.395 e. The van der Waals surface area contributed by atoms with Crippen molar-refractivity contribution in [1.82, 2.24) is 4.98 Å². The predicted octanol–water partition coefficient (Wildman–Crippen LogP) is 2.71. The van der Waals surface area contributed by atoms with E-state index < -0.39 is 0 Å². The van der Waals surface area contributed by atoms with E-state index in [1.165, 1.54) is 0 Å². The van der Waals surface area contributed by atoms with Crippen LogP contribution in [0.3, 0.4) is 0 Å². The molecule has 72 valence electrons. The van der Waals surface area contributed by atoms with Gasteiger partial charge in [0.2, 0.25) is 0 Å². The molecule has 1 heterocycles. The van der Waals surface area contributed by atoms with Gasteiger partial charge >= 0.3 is 0 Å². The average Bonchev–Trinajstić information content (AvgIpc) is 2.09. The Balaban J connectivity index is 2.69. The standard InChI is InChI=1S/C9H12BrNOS/c1-9(2,6-12)13-8-4-3-7(10)5-11-8/h3-5,12H,6H2,1-2H3. The molecule has 13 heavy (non-hydrogen) atoms. The van der Waals surface area contributed by atoms with Gasteiger partial charge < -0.3 is 5.11 Å². The van der Waals surface area contributed by atoms with Gasteiger partial charge in [-0.3, -0.25) is 0 Å². The maximum absolute atomic E-state index is 9.05. The third-order valence-electron chi connectivity index (χ3n) is 1.46. The minimum atomic E-state index is -0.166. The number of hydrogen-bond donors (Lipinski definition) is 1. The van der Waals surface area contributed by atoms with E-state index in [1.54, 1.807) is 18.0 Å². The summed E-state index contributed by atoms with van der Waals surface area (Å²) in [5, 5.41) is 9.98. The van der Waals surface area contributed by atoms with Gasteiger partial charge in [-0.05, 0) is 41.9 Å². The number of halogens is 1. The first-order valence-electron chi connectivity index (χ1n) is 3.95. The zero-order valence-electron chi connectivity index (χ0n) is 7.62. The number of pyridine rings is 1. The monoisotopic (exact) mass is 261 g/mol. The molecule has 0 aliphatic heterocycles. The number of aliphatic hydroxyl groups is 1. The molecular formula is C9H12BrNOS. The van der Waals surface area contributed by atoms with E-state index in [0.717, 1.165) is 9.50 Å². The topological polar surface area (TPSA) is 33.1 Å². The van der Waals surface area contributed by atoms with Crippen LogP contribution in [0.4, 0.5) is 0 Å². The molecule has 0 saturated heterocycles. The van der Waals surface area contributed by atoms with E-state index in [2.05, 4.69) is 20.9 Å². The fraction of sp³-hybridized carbons (Fsp3) is 0.444. The molecule has 0 unspecified atom stereocenters. The maximum atomic E-state index is 9.05. The van der Waals surface area contributed by atoms with Crippen molar-refractivity contribution in [3.05, 3.63) is 22.8 Å². The van der Waals surface area contributed by atoms with Gasteiger partial charge in [0.25, 0.3) is 0 Å². The van der Waals surface area contributed by atoms with Crippen molar-refractivity contribution in [3.8, 4) is 0 Å². The molecule has 4 heteroatoms. The summed E-state index contributed by atoms with van der Waals surface area (Å²) in [6.45, 7) is 4.12. The van der Waals surface area contributed by atoms with Crippen LogP contribution in [0.5, 0.6) is 0 Å². The first-order chi connectivity index (χ1) is 6.03. The molecule has 0 aliphatic rings. The number of aromatic nitrogens is 1. The highest BCUT2D eigenvalue weighted by molar-refractivity contribution is 9.10. The Hall–Kier alpha value is -0.0600. The van der Waals surface area contributed by atoms with E-state index in [9.17, 15) is 0 Å². The first-order valence-corrected chi connectivity index (χ1v) is 5.56. The molecule has 0 fully saturated rings. The molecule has 0 saturated carbocycles. The lowest BCUT2D eigenvalue weighted by Crippen LogP contribution is -2.19. The Morgan fingerprint density at radius 3 is 2.69 bits per heavy atom. The van der Waals surface area contributed by atoms with Crippen LogP contribution in [0.15, 0.2) is 27.8 Å². The Bertz CT molecular complexity index is 273. The molecule has 1 aromatic rings. The van der Waals surface area contributed by atoms with E-state index in [4.69, 9.17) is 5.11 Å². The lowest BCUT2D eigenvalue weighted by molar-refractivity contribution is 0.265. The van der Waals surface area contributed by atoms with E-state index >= 15 is 0 Å². The highest BCUT2D eigenvalue weighted by atomic mass is 79.9. The average molecular weight is 262 g/mol. The Morgan fingerprint density at radius 1 is 1.54 bits per heavy atom. The molecule has 0 bridgehead atoms. The smallest absolute Gasteiger partial charge is 0.0966 e. The van der Waals surface area contributed by atoms with Gasteiger partial charge in [-0.1, -0.05) is 11.8 Å². The summed E-state index contributed by atoms with van der Waals surface area (Å²) in [7, 11) is 0. The van der Waals surface area contributed by atoms with Gasteiger partial charge in [-0.25, -0.2) is 4.98 Å². The van der Waals surface area contributed by atoms with Gasteiger partial charge in [0.15, 0.2) is 0 Å². The van der Waals surface area contributed by atoms with Crippen molar-refractivity contribution < 1.29 is 5.11 Å². The minimum absolute atomic E-state index is 0.148. The molecule has 0 atom stereocenters. The quantitative estimate of drug-likeness (QED) is 0.850. The number of thioether (sulfide) groups is 1. The molecule has 1 rings (SSSR count). The van der Waals surface area contributed by atoms with Crippen molar-refractivity contribution in [2.24, 2.45) is 0 Å². The van der Waals surface area contributed by atoms with Gasteiger partial charge in [-0.2, -0.15) is 0 Å². The highest BCUT2D eigenvalue weighted by Gasteiger charge is 2.18. The summed E-state index contributed by atoms with van der Waals surface area (Å²) < 4.78 is 0.805. The fourth-order valence-electron chi connectivity index (χ4n) is 0.738. The first kappa shape index (κ1) is 11.0. The number of nitrogens with zero attached hydrogens (tertiary/aromatic N) is 1. The second kappa shape index (κ2) is 4.44. The molecule has 0 spiro atoms. The lowest BCUT2D eigenvalue weighted by Gasteiger charge is -2.19. The van der Waals surface area contributed by atoms with Crippen LogP contribution in [0.25, 0.3) is 0 Å². The summed E-state index contributed by atoms with van der Waals surface area (Å²) >= 11 is 4.89. The van der Waals surface area contributed by atoms with Gasteiger partial charge in [0.05, 0.1) is 11.6 Å². The van der Waals surface area contributed by atoms with E-state index in [-0.39, 0.29) is 11.4 Å². The number of rotatable bonds is 3. The Labute approximate surface area is 90.9 Å². The van der Waals surface area contributed by atoms with Crippen LogP contribution < -0.4 is 0 Å². The van der Waals surface area contributed by atoms with Crippen LogP contribution in [-0.4, -0.2) is 21.4 Å². The number of aliphatic hydroxyl groups excluding tert-OH is 1. The van der Waals surface area contributed by atoms with Crippen molar-refractivity contribution in [3.63, 3.8) is 0 Å². The third-order valence-corrected chi connectivity index (χ3v) is 3.06. The van der Waals surface area contributed by atoms with Crippen LogP contribution in [-0.2, 0) is 0 Å². The van der Waals surface area contributed by atoms with Crippen LogP contribution >= 0.6 is 27.7 Å². The van der Waals surface area contributed by atoms with Crippen molar-refractivity contribution in [2.75, 3.05) is 6.61 Å². The normalized spacial score (nSPS) is 11.7. The zero-order valence-corrected chi connectivity index (χ0v) is 10.0. The lowest BCUT2D eigenvalue weighted by atomic mass is 10.2. The molecule has 2 nitrogen and oxygen atoms in total. The molecule has 0 amide bonds. The summed E-state index contributed by atoms with van der Waals surface area (Å²) in [5.74, 6) is 0. The third kappa shape index (κ3) is 3.67. The number of hydrogen-bond acceptors (Lipinski definition) is 3. The SMILES string of the molecule is CC(C)(CO)Sc1ccc(Br)cn1. The van der Waals surface area contributed by atoms with Crippen LogP contribution in [0.2, 0.25) is 0 Å². The summed E-state index contributed by atoms with van der Waals surface area (Å²) in [4.78, 5) is 4.22. The largest absolute Gasteiger partial charge is 0.395 e. The predicted molar refractivity (Wildman–Crippen MR) is 59.0 cm³/mol. The zero-order chi connectivity index (χ0) is 9.90. The van der Waals surface area contributed by atoms with Crippen molar-refractivity contribution in [2.45, 2.75) is 23.6 Å². The summed E-state index contributed by atoms with van der Waals surface area (Å²) in [5.41, 5.74) is 0. The van der Waals surface area contributed by atoms with E-state index in [0.29, 0.717) is 0 Å².